The van der Waals surface area contributed by atoms with Gasteiger partial charge >= 0.3 is 0 Å². The predicted octanol–water partition coefficient (Wildman–Crippen LogP) is 1.05. The first-order chi connectivity index (χ1) is 12.3. The standard InChI is InChI=1S/C17H26N4O4S/c1-4-25-16-8-6-5-7-15(16)21(26(3,23)24)13-17(22)19-18-14-9-11-20(2)12-10-14/h5-8H,4,9-13H2,1-3H3,(H,19,22). The Morgan fingerprint density at radius 2 is 1.96 bits per heavy atom. The molecule has 0 aromatic heterocycles. The Morgan fingerprint density at radius 1 is 1.31 bits per heavy atom. The van der Waals surface area contributed by atoms with Gasteiger partial charge in [-0.15, -0.1) is 0 Å². The van der Waals surface area contributed by atoms with Gasteiger partial charge in [0.15, 0.2) is 0 Å². The van der Waals surface area contributed by atoms with Crippen LogP contribution in [0, 0.1) is 0 Å². The van der Waals surface area contributed by atoms with Crippen LogP contribution in [0.4, 0.5) is 5.69 Å². The monoisotopic (exact) mass is 382 g/mol. The average molecular weight is 382 g/mol. The van der Waals surface area contributed by atoms with Gasteiger partial charge in [0.2, 0.25) is 10.0 Å². The lowest BCUT2D eigenvalue weighted by Crippen LogP contribution is -2.40. The number of hydrogen-bond acceptors (Lipinski definition) is 6. The minimum atomic E-state index is -3.67. The van der Waals surface area contributed by atoms with Crippen LogP contribution in [0.3, 0.4) is 0 Å². The van der Waals surface area contributed by atoms with Crippen LogP contribution in [-0.2, 0) is 14.8 Å². The van der Waals surface area contributed by atoms with E-state index in [1.165, 1.54) is 0 Å². The second-order valence-electron chi connectivity index (χ2n) is 6.19. The number of likely N-dealkylation sites (tertiary alicyclic amines) is 1. The number of carbonyl (C=O) groups excluding carboxylic acids is 1. The lowest BCUT2D eigenvalue weighted by molar-refractivity contribution is -0.119. The zero-order chi connectivity index (χ0) is 19.2. The van der Waals surface area contributed by atoms with Gasteiger partial charge in [-0.3, -0.25) is 9.10 Å². The van der Waals surface area contributed by atoms with Crippen LogP contribution in [-0.4, -0.2) is 64.5 Å². The molecule has 26 heavy (non-hydrogen) atoms. The fraction of sp³-hybridized carbons (Fsp3) is 0.529. The van der Waals surface area contributed by atoms with Crippen molar-refractivity contribution in [2.24, 2.45) is 5.10 Å². The normalized spacial score (nSPS) is 15.4. The highest BCUT2D eigenvalue weighted by Crippen LogP contribution is 2.29. The highest BCUT2D eigenvalue weighted by atomic mass is 32.2. The molecule has 1 heterocycles. The van der Waals surface area contributed by atoms with Crippen LogP contribution in [0.2, 0.25) is 0 Å². The van der Waals surface area contributed by atoms with E-state index in [-0.39, 0.29) is 6.54 Å². The largest absolute Gasteiger partial charge is 0.492 e. The minimum Gasteiger partial charge on any atom is -0.492 e. The molecule has 9 heteroatoms. The number of anilines is 1. The molecule has 2 rings (SSSR count). The summed E-state index contributed by atoms with van der Waals surface area (Å²) in [5.41, 5.74) is 3.72. The van der Waals surface area contributed by atoms with Gasteiger partial charge in [-0.05, 0) is 26.1 Å². The molecule has 1 fully saturated rings. The number of rotatable bonds is 7. The molecule has 1 aliphatic heterocycles. The van der Waals surface area contributed by atoms with E-state index >= 15 is 0 Å². The van der Waals surface area contributed by atoms with Crippen LogP contribution < -0.4 is 14.5 Å². The molecule has 144 valence electrons. The molecule has 1 saturated heterocycles. The summed E-state index contributed by atoms with van der Waals surface area (Å²) in [6.07, 6.45) is 2.64. The van der Waals surface area contributed by atoms with Crippen molar-refractivity contribution < 1.29 is 17.9 Å². The van der Waals surface area contributed by atoms with Crippen molar-refractivity contribution in [3.63, 3.8) is 0 Å². The second kappa shape index (κ2) is 9.00. The third-order valence-corrected chi connectivity index (χ3v) is 5.15. The van der Waals surface area contributed by atoms with E-state index in [0.717, 1.165) is 42.2 Å². The number of ether oxygens (including phenoxy) is 1. The summed E-state index contributed by atoms with van der Waals surface area (Å²) in [7, 11) is -1.63. The van der Waals surface area contributed by atoms with Gasteiger partial charge in [0.05, 0.1) is 18.6 Å². The Bertz CT molecular complexity index is 754. The Morgan fingerprint density at radius 3 is 2.58 bits per heavy atom. The summed E-state index contributed by atoms with van der Waals surface area (Å²) >= 11 is 0. The molecular weight excluding hydrogens is 356 g/mol. The number of para-hydroxylation sites is 2. The fourth-order valence-electron chi connectivity index (χ4n) is 2.62. The van der Waals surface area contributed by atoms with E-state index < -0.39 is 15.9 Å². The predicted molar refractivity (Wildman–Crippen MR) is 102 cm³/mol. The van der Waals surface area contributed by atoms with Crippen LogP contribution in [0.5, 0.6) is 5.75 Å². The van der Waals surface area contributed by atoms with Crippen molar-refractivity contribution in [2.45, 2.75) is 19.8 Å². The van der Waals surface area contributed by atoms with Crippen LogP contribution in [0.25, 0.3) is 0 Å². The molecule has 0 aliphatic carbocycles. The molecule has 1 aromatic carbocycles. The first kappa shape index (κ1) is 20.2. The number of sulfonamides is 1. The van der Waals surface area contributed by atoms with Gasteiger partial charge in [-0.1, -0.05) is 12.1 Å². The molecule has 8 nitrogen and oxygen atoms in total. The molecule has 0 spiro atoms. The maximum absolute atomic E-state index is 12.3. The lowest BCUT2D eigenvalue weighted by Gasteiger charge is -2.24. The number of piperidine rings is 1. The van der Waals surface area contributed by atoms with Crippen molar-refractivity contribution in [3.8, 4) is 5.75 Å². The van der Waals surface area contributed by atoms with E-state index in [4.69, 9.17) is 4.74 Å². The minimum absolute atomic E-state index is 0.332. The Hall–Kier alpha value is -2.13. The molecule has 0 radical (unpaired) electrons. The second-order valence-corrected chi connectivity index (χ2v) is 8.09. The molecule has 1 aromatic rings. The first-order valence-corrected chi connectivity index (χ1v) is 10.4. The van der Waals surface area contributed by atoms with E-state index in [1.54, 1.807) is 24.3 Å². The zero-order valence-corrected chi connectivity index (χ0v) is 16.3. The van der Waals surface area contributed by atoms with Crippen molar-refractivity contribution in [1.82, 2.24) is 10.3 Å². The smallest absolute Gasteiger partial charge is 0.260 e. The van der Waals surface area contributed by atoms with E-state index in [0.29, 0.717) is 18.0 Å². The first-order valence-electron chi connectivity index (χ1n) is 8.53. The highest BCUT2D eigenvalue weighted by molar-refractivity contribution is 7.92. The van der Waals surface area contributed by atoms with Crippen LogP contribution in [0.1, 0.15) is 19.8 Å². The molecular formula is C17H26N4O4S. The topological polar surface area (TPSA) is 91.3 Å². The van der Waals surface area contributed by atoms with Crippen LogP contribution >= 0.6 is 0 Å². The lowest BCUT2D eigenvalue weighted by atomic mass is 10.1. The number of hydrazone groups is 1. The SMILES string of the molecule is CCOc1ccccc1N(CC(=O)NN=C1CCN(C)CC1)S(C)(=O)=O. The molecule has 0 unspecified atom stereocenters. The van der Waals surface area contributed by atoms with E-state index in [2.05, 4.69) is 15.4 Å². The number of hydrogen-bond donors (Lipinski definition) is 1. The Balaban J connectivity index is 2.12. The number of carbonyl (C=O) groups is 1. The van der Waals surface area contributed by atoms with Gasteiger partial charge in [-0.25, -0.2) is 13.8 Å². The van der Waals surface area contributed by atoms with E-state index in [1.807, 2.05) is 14.0 Å². The van der Waals surface area contributed by atoms with Crippen molar-refractivity contribution >= 4 is 27.3 Å². The van der Waals surface area contributed by atoms with Gasteiger partial charge in [-0.2, -0.15) is 5.10 Å². The number of nitrogens with one attached hydrogen (secondary N) is 1. The Kier molecular flexibility index (Phi) is 6.98. The third-order valence-electron chi connectivity index (χ3n) is 4.02. The van der Waals surface area contributed by atoms with E-state index in [9.17, 15) is 13.2 Å². The van der Waals surface area contributed by atoms with Gasteiger partial charge in [0.1, 0.15) is 12.3 Å². The summed E-state index contributed by atoms with van der Waals surface area (Å²) in [5, 5.41) is 4.14. The molecule has 1 aliphatic rings. The van der Waals surface area contributed by atoms with Crippen molar-refractivity contribution in [1.29, 1.82) is 0 Å². The van der Waals surface area contributed by atoms with Gasteiger partial charge < -0.3 is 9.64 Å². The van der Waals surface area contributed by atoms with Gasteiger partial charge in [0, 0.05) is 31.6 Å². The van der Waals surface area contributed by atoms with Crippen LogP contribution in [0.15, 0.2) is 29.4 Å². The highest BCUT2D eigenvalue weighted by Gasteiger charge is 2.24. The summed E-state index contributed by atoms with van der Waals surface area (Å²) in [6.45, 7) is 3.63. The molecule has 0 saturated carbocycles. The summed E-state index contributed by atoms with van der Waals surface area (Å²) in [4.78, 5) is 14.5. The maximum Gasteiger partial charge on any atom is 0.260 e. The fourth-order valence-corrected chi connectivity index (χ4v) is 3.48. The molecule has 1 N–H and O–H groups in total. The maximum atomic E-state index is 12.3. The number of nitrogens with zero attached hydrogens (tertiary/aromatic N) is 3. The van der Waals surface area contributed by atoms with Crippen molar-refractivity contribution in [2.75, 3.05) is 43.8 Å². The van der Waals surface area contributed by atoms with Crippen molar-refractivity contribution in [3.05, 3.63) is 24.3 Å². The summed E-state index contributed by atoms with van der Waals surface area (Å²) < 4.78 is 30.9. The Labute approximate surface area is 154 Å². The molecule has 0 atom stereocenters. The number of amides is 1. The summed E-state index contributed by atoms with van der Waals surface area (Å²) in [5.74, 6) is -0.0805. The summed E-state index contributed by atoms with van der Waals surface area (Å²) in [6, 6.07) is 6.74. The van der Waals surface area contributed by atoms with Gasteiger partial charge in [0.25, 0.3) is 5.91 Å². The zero-order valence-electron chi connectivity index (χ0n) is 15.4. The molecule has 1 amide bonds. The third kappa shape index (κ3) is 5.70. The average Bonchev–Trinajstić information content (AvgIpc) is 2.59. The molecule has 0 bridgehead atoms. The quantitative estimate of drug-likeness (QED) is 0.712. The number of benzene rings is 1.